The smallest absolute Gasteiger partial charge is 0.356 e. The molecule has 148 valence electrons. The van der Waals surface area contributed by atoms with Gasteiger partial charge in [-0.05, 0) is 25.7 Å². The van der Waals surface area contributed by atoms with E-state index in [1.807, 2.05) is 34.6 Å². The van der Waals surface area contributed by atoms with Crippen molar-refractivity contribution in [2.24, 2.45) is 16.7 Å². The summed E-state index contributed by atoms with van der Waals surface area (Å²) in [5.74, 6) is -0.189. The summed E-state index contributed by atoms with van der Waals surface area (Å²) in [6.07, 6.45) is 0.349. The fourth-order valence-corrected chi connectivity index (χ4v) is 3.39. The Hall–Kier alpha value is -0.750. The topological polar surface area (TPSA) is 102 Å². The van der Waals surface area contributed by atoms with Gasteiger partial charge in [0.25, 0.3) is 0 Å². The molecule has 7 nitrogen and oxygen atoms in total. The summed E-state index contributed by atoms with van der Waals surface area (Å²) in [6, 6.07) is 0. The summed E-state index contributed by atoms with van der Waals surface area (Å²) >= 11 is 0. The molecule has 0 aromatic carbocycles. The first-order chi connectivity index (χ1) is 11.1. The maximum absolute atomic E-state index is 12.2. The highest BCUT2D eigenvalue weighted by molar-refractivity contribution is 7.47. The number of rotatable bonds is 11. The molecule has 0 fully saturated rings. The SMILES string of the molecule is COP(=O)(O)OC(C)C(C)CNC(=O)CC(C)(C)CC(C)(C)C(C)=O. The Morgan fingerprint density at radius 2 is 1.72 bits per heavy atom. The highest BCUT2D eigenvalue weighted by Crippen LogP contribution is 2.44. The highest BCUT2D eigenvalue weighted by atomic mass is 31.2. The molecule has 0 radical (unpaired) electrons. The van der Waals surface area contributed by atoms with Crippen LogP contribution in [0.25, 0.3) is 0 Å². The second kappa shape index (κ2) is 9.26. The first-order valence-electron chi connectivity index (χ1n) is 8.46. The normalized spacial score (nSPS) is 17.5. The number of hydrogen-bond acceptors (Lipinski definition) is 5. The van der Waals surface area contributed by atoms with E-state index in [-0.39, 0.29) is 23.0 Å². The quantitative estimate of drug-likeness (QED) is 0.534. The molecule has 1 amide bonds. The number of Topliss-reactive ketones (excluding diaryl/α,β-unsaturated/α-hetero) is 1. The molecule has 0 saturated carbocycles. The number of nitrogens with one attached hydrogen (secondary N) is 1. The van der Waals surface area contributed by atoms with Gasteiger partial charge in [-0.2, -0.15) is 0 Å². The predicted octanol–water partition coefficient (Wildman–Crippen LogP) is 3.31. The van der Waals surface area contributed by atoms with Crippen LogP contribution in [0.1, 0.15) is 61.3 Å². The lowest BCUT2D eigenvalue weighted by Gasteiger charge is -2.33. The summed E-state index contributed by atoms with van der Waals surface area (Å²) in [5, 5.41) is 2.82. The van der Waals surface area contributed by atoms with Crippen LogP contribution in [-0.4, -0.2) is 36.3 Å². The zero-order valence-corrected chi connectivity index (χ0v) is 17.6. The number of carbonyl (C=O) groups excluding carboxylic acids is 2. The van der Waals surface area contributed by atoms with E-state index >= 15 is 0 Å². The van der Waals surface area contributed by atoms with Crippen molar-refractivity contribution >= 4 is 19.5 Å². The average molecular weight is 379 g/mol. The molecule has 0 spiro atoms. The number of amides is 1. The highest BCUT2D eigenvalue weighted by Gasteiger charge is 2.34. The van der Waals surface area contributed by atoms with Crippen molar-refractivity contribution in [3.05, 3.63) is 0 Å². The van der Waals surface area contributed by atoms with E-state index < -0.39 is 19.3 Å². The van der Waals surface area contributed by atoms with Gasteiger partial charge < -0.3 is 10.2 Å². The maximum Gasteiger partial charge on any atom is 0.472 e. The Labute approximate surface area is 151 Å². The Balaban J connectivity index is 4.51. The third kappa shape index (κ3) is 9.50. The van der Waals surface area contributed by atoms with Crippen molar-refractivity contribution in [1.29, 1.82) is 0 Å². The van der Waals surface area contributed by atoms with Crippen molar-refractivity contribution in [3.8, 4) is 0 Å². The Morgan fingerprint density at radius 3 is 2.16 bits per heavy atom. The molecule has 0 heterocycles. The van der Waals surface area contributed by atoms with Gasteiger partial charge in [-0.1, -0.05) is 34.6 Å². The molecule has 0 aromatic rings. The van der Waals surface area contributed by atoms with Gasteiger partial charge >= 0.3 is 7.82 Å². The zero-order chi connectivity index (χ0) is 20.1. The van der Waals surface area contributed by atoms with E-state index in [9.17, 15) is 19.0 Å². The lowest BCUT2D eigenvalue weighted by atomic mass is 9.71. The van der Waals surface area contributed by atoms with E-state index in [4.69, 9.17) is 4.52 Å². The van der Waals surface area contributed by atoms with E-state index in [0.717, 1.165) is 7.11 Å². The molecule has 3 atom stereocenters. The van der Waals surface area contributed by atoms with Crippen LogP contribution in [0.2, 0.25) is 0 Å². The van der Waals surface area contributed by atoms with Crippen LogP contribution in [0.5, 0.6) is 0 Å². The molecular formula is C17H34NO6P. The van der Waals surface area contributed by atoms with E-state index in [1.165, 1.54) is 0 Å². The molecule has 0 aliphatic rings. The Kier molecular flexibility index (Phi) is 8.99. The lowest BCUT2D eigenvalue weighted by molar-refractivity contribution is -0.129. The molecule has 0 saturated heterocycles. The average Bonchev–Trinajstić information content (AvgIpc) is 2.42. The van der Waals surface area contributed by atoms with Crippen molar-refractivity contribution < 1.29 is 28.1 Å². The summed E-state index contributed by atoms with van der Waals surface area (Å²) in [6.45, 7) is 13.1. The molecule has 0 aliphatic heterocycles. The molecule has 2 N–H and O–H groups in total. The van der Waals surface area contributed by atoms with E-state index in [1.54, 1.807) is 13.8 Å². The molecule has 0 rings (SSSR count). The summed E-state index contributed by atoms with van der Waals surface area (Å²) in [5.41, 5.74) is -0.788. The van der Waals surface area contributed by atoms with Gasteiger partial charge in [-0.3, -0.25) is 18.6 Å². The Morgan fingerprint density at radius 1 is 1.20 bits per heavy atom. The number of carbonyl (C=O) groups is 2. The monoisotopic (exact) mass is 379 g/mol. The van der Waals surface area contributed by atoms with Crippen LogP contribution < -0.4 is 5.32 Å². The van der Waals surface area contributed by atoms with Crippen LogP contribution in [0.15, 0.2) is 0 Å². The van der Waals surface area contributed by atoms with Crippen LogP contribution in [0.4, 0.5) is 0 Å². The number of hydrogen-bond donors (Lipinski definition) is 2. The molecule has 0 aromatic heterocycles. The van der Waals surface area contributed by atoms with Crippen molar-refractivity contribution in [1.82, 2.24) is 5.32 Å². The number of phosphoric ester groups is 1. The zero-order valence-electron chi connectivity index (χ0n) is 16.7. The first-order valence-corrected chi connectivity index (χ1v) is 9.96. The lowest BCUT2D eigenvalue weighted by Crippen LogP contribution is -2.37. The molecule has 0 bridgehead atoms. The van der Waals surface area contributed by atoms with Gasteiger partial charge in [0.2, 0.25) is 5.91 Å². The van der Waals surface area contributed by atoms with Crippen molar-refractivity contribution in [2.45, 2.75) is 67.4 Å². The van der Waals surface area contributed by atoms with Gasteiger partial charge in [0, 0.05) is 31.4 Å². The number of ketones is 1. The van der Waals surface area contributed by atoms with Gasteiger partial charge in [0.15, 0.2) is 0 Å². The van der Waals surface area contributed by atoms with Gasteiger partial charge in [0.1, 0.15) is 5.78 Å². The fraction of sp³-hybridized carbons (Fsp3) is 0.882. The van der Waals surface area contributed by atoms with Crippen molar-refractivity contribution in [2.75, 3.05) is 13.7 Å². The summed E-state index contributed by atoms with van der Waals surface area (Å²) in [4.78, 5) is 33.2. The van der Waals surface area contributed by atoms with Crippen molar-refractivity contribution in [3.63, 3.8) is 0 Å². The van der Waals surface area contributed by atoms with Gasteiger partial charge in [0.05, 0.1) is 6.10 Å². The minimum Gasteiger partial charge on any atom is -0.356 e. The Bertz CT molecular complexity index is 517. The number of phosphoric acid groups is 1. The van der Waals surface area contributed by atoms with Gasteiger partial charge in [-0.15, -0.1) is 0 Å². The van der Waals surface area contributed by atoms with Gasteiger partial charge in [-0.25, -0.2) is 4.57 Å². The predicted molar refractivity (Wildman–Crippen MR) is 97.0 cm³/mol. The third-order valence-corrected chi connectivity index (χ3v) is 5.53. The van der Waals surface area contributed by atoms with Crippen LogP contribution >= 0.6 is 7.82 Å². The third-order valence-electron chi connectivity index (χ3n) is 4.47. The molecular weight excluding hydrogens is 345 g/mol. The minimum atomic E-state index is -4.04. The fourth-order valence-electron chi connectivity index (χ4n) is 2.68. The van der Waals surface area contributed by atoms with E-state index in [0.29, 0.717) is 19.4 Å². The molecule has 25 heavy (non-hydrogen) atoms. The molecule has 3 unspecified atom stereocenters. The first kappa shape index (κ1) is 24.2. The van der Waals surface area contributed by atoms with Crippen LogP contribution in [0.3, 0.4) is 0 Å². The van der Waals surface area contributed by atoms with E-state index in [2.05, 4.69) is 9.84 Å². The molecule has 0 aliphatic carbocycles. The largest absolute Gasteiger partial charge is 0.472 e. The standard InChI is InChI=1S/C17H34NO6P/c1-12(13(2)24-25(21,22)23-8)10-18-15(20)9-16(4,5)11-17(6,7)14(3)19/h12-13H,9-11H2,1-8H3,(H,18,20)(H,21,22). The second-order valence-corrected chi connectivity index (χ2v) is 9.71. The summed E-state index contributed by atoms with van der Waals surface area (Å²) < 4.78 is 20.8. The minimum absolute atomic E-state index is 0.104. The van der Waals surface area contributed by atoms with Crippen LogP contribution in [-0.2, 0) is 23.2 Å². The molecule has 8 heteroatoms. The van der Waals surface area contributed by atoms with Crippen LogP contribution in [0, 0.1) is 16.7 Å². The maximum atomic E-state index is 12.2. The summed E-state index contributed by atoms with van der Waals surface area (Å²) in [7, 11) is -2.94. The second-order valence-electron chi connectivity index (χ2n) is 8.20.